The van der Waals surface area contributed by atoms with Crippen molar-refractivity contribution in [3.8, 4) is 0 Å². The molecule has 2 aromatic rings. The van der Waals surface area contributed by atoms with Crippen LogP contribution in [0.15, 0.2) is 65.1 Å². The third-order valence-electron chi connectivity index (χ3n) is 4.30. The summed E-state index contributed by atoms with van der Waals surface area (Å²) in [5, 5.41) is 3.11. The molecule has 1 heterocycles. The van der Waals surface area contributed by atoms with Gasteiger partial charge >= 0.3 is 0 Å². The monoisotopic (exact) mass is 399 g/mol. The van der Waals surface area contributed by atoms with Gasteiger partial charge < -0.3 is 16.8 Å². The zero-order valence-electron chi connectivity index (χ0n) is 16.4. The number of aromatic nitrogens is 2. The molecule has 5 nitrogen and oxygen atoms in total. The summed E-state index contributed by atoms with van der Waals surface area (Å²) in [5.41, 5.74) is 12.6. The fraction of sp³-hybridized carbons (Fsp3) is 0.238. The smallest absolute Gasteiger partial charge is 0.222 e. The van der Waals surface area contributed by atoms with Crippen molar-refractivity contribution < 1.29 is 4.39 Å². The first-order valence-electron chi connectivity index (χ1n) is 8.89. The van der Waals surface area contributed by atoms with Gasteiger partial charge in [0.1, 0.15) is 11.6 Å². The van der Waals surface area contributed by atoms with Crippen LogP contribution in [0.5, 0.6) is 0 Å². The molecule has 1 aromatic carbocycles. The molecular formula is C21H26FN5S. The molecule has 5 N–H and O–H groups in total. The lowest BCUT2D eigenvalue weighted by atomic mass is 9.86. The highest BCUT2D eigenvalue weighted by Crippen LogP contribution is 2.32. The van der Waals surface area contributed by atoms with Crippen molar-refractivity contribution in [2.24, 2.45) is 5.73 Å². The summed E-state index contributed by atoms with van der Waals surface area (Å²) in [5.74, 6) is 0.357. The van der Waals surface area contributed by atoms with Gasteiger partial charge in [0.05, 0.1) is 5.69 Å². The third-order valence-corrected chi connectivity index (χ3v) is 5.35. The molecule has 0 atom stereocenters. The molecule has 0 amide bonds. The Balaban J connectivity index is 2.26. The number of benzene rings is 1. The predicted molar refractivity (Wildman–Crippen MR) is 117 cm³/mol. The van der Waals surface area contributed by atoms with Crippen LogP contribution < -0.4 is 16.8 Å². The molecule has 0 aliphatic carbocycles. The molecule has 0 unspecified atom stereocenters. The van der Waals surface area contributed by atoms with Crippen LogP contribution in [0.2, 0.25) is 0 Å². The maximum absolute atomic E-state index is 14.6. The highest BCUT2D eigenvalue weighted by molar-refractivity contribution is 8.03. The maximum atomic E-state index is 14.6. The first-order chi connectivity index (χ1) is 13.3. The molecule has 0 radical (unpaired) electrons. The van der Waals surface area contributed by atoms with Crippen molar-refractivity contribution in [1.82, 2.24) is 9.97 Å². The van der Waals surface area contributed by atoms with E-state index in [1.54, 1.807) is 30.4 Å². The second-order valence-corrected chi connectivity index (χ2v) is 7.89. The first-order valence-corrected chi connectivity index (χ1v) is 9.71. The molecule has 0 saturated carbocycles. The number of anilines is 3. The number of allylic oxidation sites excluding steroid dienone is 3. The Labute approximate surface area is 169 Å². The average Bonchev–Trinajstić information content (AvgIpc) is 2.64. The van der Waals surface area contributed by atoms with Gasteiger partial charge in [-0.05, 0) is 43.0 Å². The first kappa shape index (κ1) is 21.5. The van der Waals surface area contributed by atoms with E-state index in [1.807, 2.05) is 6.07 Å². The van der Waals surface area contributed by atoms with E-state index in [0.717, 1.165) is 17.0 Å². The van der Waals surface area contributed by atoms with Crippen LogP contribution in [0.25, 0.3) is 0 Å². The van der Waals surface area contributed by atoms with Gasteiger partial charge in [0.25, 0.3) is 0 Å². The van der Waals surface area contributed by atoms with Crippen molar-refractivity contribution in [1.29, 1.82) is 0 Å². The molecule has 148 valence electrons. The van der Waals surface area contributed by atoms with E-state index in [2.05, 4.69) is 42.6 Å². The lowest BCUT2D eigenvalue weighted by Crippen LogP contribution is -2.19. The molecule has 0 saturated heterocycles. The lowest BCUT2D eigenvalue weighted by molar-refractivity contribution is 0.490. The lowest BCUT2D eigenvalue weighted by Gasteiger charge is -2.22. The Morgan fingerprint density at radius 3 is 2.68 bits per heavy atom. The minimum atomic E-state index is -0.355. The highest BCUT2D eigenvalue weighted by Gasteiger charge is 2.21. The number of nitrogens with two attached hydrogens (primary N) is 2. The van der Waals surface area contributed by atoms with E-state index < -0.39 is 0 Å². The van der Waals surface area contributed by atoms with Crippen LogP contribution in [0.4, 0.5) is 21.8 Å². The Morgan fingerprint density at radius 2 is 2.07 bits per heavy atom. The van der Waals surface area contributed by atoms with E-state index in [1.165, 1.54) is 24.0 Å². The molecule has 0 aliphatic rings. The molecule has 2 rings (SSSR count). The van der Waals surface area contributed by atoms with Crippen LogP contribution in [0.3, 0.4) is 0 Å². The summed E-state index contributed by atoms with van der Waals surface area (Å²) >= 11 is 1.27. The molecule has 0 fully saturated rings. The third kappa shape index (κ3) is 5.60. The SMILES string of the molecule is C=C/C=C(\C=C/N)Sc1ccc(Nc2cc(C(C)(C)CC)nc(N)n2)cc1F. The molecule has 7 heteroatoms. The van der Waals surface area contributed by atoms with Crippen molar-refractivity contribution >= 4 is 29.2 Å². The van der Waals surface area contributed by atoms with Gasteiger partial charge in [0.2, 0.25) is 5.95 Å². The van der Waals surface area contributed by atoms with E-state index in [-0.39, 0.29) is 17.2 Å². The fourth-order valence-electron chi connectivity index (χ4n) is 2.33. The summed E-state index contributed by atoms with van der Waals surface area (Å²) in [4.78, 5) is 9.81. The van der Waals surface area contributed by atoms with Gasteiger partial charge in [0.15, 0.2) is 0 Å². The minimum absolute atomic E-state index is 0.135. The Kier molecular flexibility index (Phi) is 7.23. The molecule has 0 spiro atoms. The van der Waals surface area contributed by atoms with Crippen molar-refractivity contribution in [2.75, 3.05) is 11.1 Å². The number of nitrogens with zero attached hydrogens (tertiary/aromatic N) is 2. The van der Waals surface area contributed by atoms with E-state index in [9.17, 15) is 4.39 Å². The summed E-state index contributed by atoms with van der Waals surface area (Å²) in [6, 6.07) is 6.75. The predicted octanol–water partition coefficient (Wildman–Crippen LogP) is 5.26. The maximum Gasteiger partial charge on any atom is 0.222 e. The van der Waals surface area contributed by atoms with Gasteiger partial charge in [0, 0.05) is 27.0 Å². The topological polar surface area (TPSA) is 89.8 Å². The summed E-state index contributed by atoms with van der Waals surface area (Å²) < 4.78 is 14.6. The normalized spacial score (nSPS) is 12.4. The van der Waals surface area contributed by atoms with Crippen LogP contribution in [0, 0.1) is 5.82 Å². The van der Waals surface area contributed by atoms with E-state index in [4.69, 9.17) is 11.5 Å². The largest absolute Gasteiger partial charge is 0.405 e. The van der Waals surface area contributed by atoms with Crippen molar-refractivity contribution in [3.05, 3.63) is 71.7 Å². The number of hydrogen-bond donors (Lipinski definition) is 3. The summed E-state index contributed by atoms with van der Waals surface area (Å²) in [6.07, 6.45) is 7.40. The van der Waals surface area contributed by atoms with Crippen LogP contribution in [-0.4, -0.2) is 9.97 Å². The van der Waals surface area contributed by atoms with E-state index >= 15 is 0 Å². The summed E-state index contributed by atoms with van der Waals surface area (Å²) in [7, 11) is 0. The Morgan fingerprint density at radius 1 is 1.32 bits per heavy atom. The second-order valence-electron chi connectivity index (χ2n) is 6.77. The number of hydrogen-bond acceptors (Lipinski definition) is 6. The number of thioether (sulfide) groups is 1. The summed E-state index contributed by atoms with van der Waals surface area (Å²) in [6.45, 7) is 9.93. The number of rotatable bonds is 8. The van der Waals surface area contributed by atoms with Crippen molar-refractivity contribution in [3.63, 3.8) is 0 Å². The van der Waals surface area contributed by atoms with Gasteiger partial charge in [-0.15, -0.1) is 0 Å². The van der Waals surface area contributed by atoms with Crippen molar-refractivity contribution in [2.45, 2.75) is 37.5 Å². The molecular weight excluding hydrogens is 373 g/mol. The number of nitrogens with one attached hydrogen (secondary N) is 1. The van der Waals surface area contributed by atoms with Crippen LogP contribution >= 0.6 is 11.8 Å². The van der Waals surface area contributed by atoms with E-state index in [0.29, 0.717) is 16.4 Å². The van der Waals surface area contributed by atoms with Gasteiger partial charge in [-0.1, -0.05) is 45.2 Å². The quantitative estimate of drug-likeness (QED) is 0.414. The molecule has 28 heavy (non-hydrogen) atoms. The number of halogens is 1. The molecule has 0 aliphatic heterocycles. The molecule has 0 bridgehead atoms. The second kappa shape index (κ2) is 9.41. The standard InChI is InChI=1S/C21H26FN5S/c1-5-7-15(10-11-23)28-17-9-8-14(12-16(17)22)25-19-13-18(21(3,4)6-2)26-20(24)27-19/h5,7-13H,1,6,23H2,2-4H3,(H3,24,25,26,27)/b11-10-,15-7+. The Hall–Kier alpha value is -2.80. The minimum Gasteiger partial charge on any atom is -0.405 e. The zero-order valence-corrected chi connectivity index (χ0v) is 17.2. The fourth-order valence-corrected chi connectivity index (χ4v) is 3.19. The zero-order chi connectivity index (χ0) is 20.7. The molecule has 1 aromatic heterocycles. The van der Waals surface area contributed by atoms with Gasteiger partial charge in [-0.25, -0.2) is 9.37 Å². The van der Waals surface area contributed by atoms with Crippen LogP contribution in [0.1, 0.15) is 32.9 Å². The number of nitrogen functional groups attached to an aromatic ring is 1. The van der Waals surface area contributed by atoms with Crippen LogP contribution in [-0.2, 0) is 5.41 Å². The van der Waals surface area contributed by atoms with Gasteiger partial charge in [-0.2, -0.15) is 4.98 Å². The van der Waals surface area contributed by atoms with Gasteiger partial charge in [-0.3, -0.25) is 0 Å². The highest BCUT2D eigenvalue weighted by atomic mass is 32.2. The average molecular weight is 400 g/mol. The Bertz CT molecular complexity index is 906.